The molecule has 1 rings (SSSR count). The summed E-state index contributed by atoms with van der Waals surface area (Å²) in [5.74, 6) is -0.466. The second-order valence-corrected chi connectivity index (χ2v) is 2.83. The Morgan fingerprint density at radius 3 is 2.40 bits per heavy atom. The maximum atomic E-state index is 12.6. The Morgan fingerprint density at radius 2 is 1.90 bits per heavy atom. The van der Waals surface area contributed by atoms with Gasteiger partial charge in [-0.25, -0.2) is 4.39 Å². The predicted octanol–water partition coefficient (Wildman–Crippen LogP) is 3.44. The Morgan fingerprint density at radius 1 is 1.30 bits per heavy atom. The largest absolute Gasteiger partial charge is 0.205 e. The molecule has 1 aromatic carbocycles. The van der Waals surface area contributed by atoms with Crippen LogP contribution in [0.3, 0.4) is 0 Å². The van der Waals surface area contributed by atoms with Gasteiger partial charge in [-0.15, -0.1) is 0 Å². The molecule has 0 aliphatic heterocycles. The van der Waals surface area contributed by atoms with E-state index < -0.39 is 5.82 Å². The van der Waals surface area contributed by atoms with Crippen molar-refractivity contribution in [2.45, 2.75) is 6.92 Å². The van der Waals surface area contributed by atoms with Gasteiger partial charge in [0.05, 0.1) is 10.0 Å². The van der Waals surface area contributed by atoms with Crippen molar-refractivity contribution in [3.05, 3.63) is 33.6 Å². The van der Waals surface area contributed by atoms with E-state index >= 15 is 0 Å². The lowest BCUT2D eigenvalue weighted by atomic mass is 10.2. The molecule has 0 unspecified atom stereocenters. The molecule has 0 N–H and O–H groups in total. The third-order valence-electron chi connectivity index (χ3n) is 1.13. The van der Waals surface area contributed by atoms with Gasteiger partial charge < -0.3 is 0 Å². The Kier molecular flexibility index (Phi) is 2.17. The minimum absolute atomic E-state index is 0.00716. The Bertz CT molecular complexity index is 235. The molecule has 0 fully saturated rings. The molecule has 1 aromatic rings. The fourth-order valence-corrected chi connectivity index (χ4v) is 1.05. The molecule has 0 radical (unpaired) electrons. The van der Waals surface area contributed by atoms with Crippen LogP contribution in [0.4, 0.5) is 4.39 Å². The SMILES string of the molecule is Cc1cc(F)c(Cl)c(Cl)c1. The van der Waals surface area contributed by atoms with Gasteiger partial charge >= 0.3 is 0 Å². The zero-order chi connectivity index (χ0) is 7.72. The van der Waals surface area contributed by atoms with Gasteiger partial charge in [-0.2, -0.15) is 0 Å². The molecule has 0 aliphatic carbocycles. The highest BCUT2D eigenvalue weighted by Crippen LogP contribution is 2.25. The molecule has 10 heavy (non-hydrogen) atoms. The van der Waals surface area contributed by atoms with Crippen LogP contribution in [-0.4, -0.2) is 0 Å². The molecule has 0 nitrogen and oxygen atoms in total. The number of halogens is 3. The lowest BCUT2D eigenvalue weighted by Gasteiger charge is -1.97. The van der Waals surface area contributed by atoms with Crippen LogP contribution in [0.25, 0.3) is 0 Å². The maximum absolute atomic E-state index is 12.6. The summed E-state index contributed by atoms with van der Waals surface area (Å²) in [7, 11) is 0. The number of hydrogen-bond donors (Lipinski definition) is 0. The van der Waals surface area contributed by atoms with Crippen molar-refractivity contribution in [2.75, 3.05) is 0 Å². The average Bonchev–Trinajstić information content (AvgIpc) is 1.82. The summed E-state index contributed by atoms with van der Waals surface area (Å²) in [4.78, 5) is 0. The van der Waals surface area contributed by atoms with Gasteiger partial charge in [-0.1, -0.05) is 23.2 Å². The van der Waals surface area contributed by atoms with Gasteiger partial charge in [0.15, 0.2) is 0 Å². The summed E-state index contributed by atoms with van der Waals surface area (Å²) in [6.07, 6.45) is 0. The molecule has 0 spiro atoms. The van der Waals surface area contributed by atoms with E-state index in [9.17, 15) is 4.39 Å². The van der Waals surface area contributed by atoms with Crippen molar-refractivity contribution in [1.29, 1.82) is 0 Å². The van der Waals surface area contributed by atoms with E-state index in [1.165, 1.54) is 6.07 Å². The zero-order valence-electron chi connectivity index (χ0n) is 5.29. The minimum Gasteiger partial charge on any atom is -0.205 e. The highest BCUT2D eigenvalue weighted by Gasteiger charge is 2.03. The van der Waals surface area contributed by atoms with Crippen LogP contribution >= 0.6 is 23.2 Å². The number of rotatable bonds is 0. The van der Waals surface area contributed by atoms with Gasteiger partial charge in [-0.05, 0) is 24.6 Å². The Labute approximate surface area is 68.6 Å². The standard InChI is InChI=1S/C7H5Cl2F/c1-4-2-5(8)7(9)6(10)3-4/h2-3H,1H3. The first-order chi connectivity index (χ1) is 4.61. The fraction of sp³-hybridized carbons (Fsp3) is 0.143. The molecule has 0 aliphatic rings. The van der Waals surface area contributed by atoms with E-state index in [0.717, 1.165) is 5.56 Å². The minimum atomic E-state index is -0.466. The third-order valence-corrected chi connectivity index (χ3v) is 1.91. The molecule has 0 saturated carbocycles. The number of benzene rings is 1. The Balaban J connectivity index is 3.31. The van der Waals surface area contributed by atoms with Crippen molar-refractivity contribution in [3.63, 3.8) is 0 Å². The van der Waals surface area contributed by atoms with Gasteiger partial charge in [0, 0.05) is 0 Å². The van der Waals surface area contributed by atoms with E-state index in [2.05, 4.69) is 0 Å². The van der Waals surface area contributed by atoms with Gasteiger partial charge in [0.25, 0.3) is 0 Å². The monoisotopic (exact) mass is 178 g/mol. The van der Waals surface area contributed by atoms with Gasteiger partial charge in [0.2, 0.25) is 0 Å². The second-order valence-electron chi connectivity index (χ2n) is 2.04. The molecule has 0 bridgehead atoms. The van der Waals surface area contributed by atoms with E-state index in [-0.39, 0.29) is 10.0 Å². The summed E-state index contributed by atoms with van der Waals surface area (Å²) in [6, 6.07) is 2.96. The fourth-order valence-electron chi connectivity index (χ4n) is 0.682. The number of aryl methyl sites for hydroxylation is 1. The van der Waals surface area contributed by atoms with Crippen LogP contribution in [0.1, 0.15) is 5.56 Å². The van der Waals surface area contributed by atoms with Gasteiger partial charge in [-0.3, -0.25) is 0 Å². The first-order valence-corrected chi connectivity index (χ1v) is 3.48. The molecular formula is C7H5Cl2F. The predicted molar refractivity (Wildman–Crippen MR) is 41.2 cm³/mol. The summed E-state index contributed by atoms with van der Waals surface area (Å²) >= 11 is 11.0. The van der Waals surface area contributed by atoms with Crippen LogP contribution in [0, 0.1) is 12.7 Å². The second kappa shape index (κ2) is 2.77. The van der Waals surface area contributed by atoms with Crippen molar-refractivity contribution < 1.29 is 4.39 Å². The lowest BCUT2D eigenvalue weighted by Crippen LogP contribution is -1.80. The van der Waals surface area contributed by atoms with Crippen molar-refractivity contribution >= 4 is 23.2 Å². The number of hydrogen-bond acceptors (Lipinski definition) is 0. The smallest absolute Gasteiger partial charge is 0.143 e. The normalized spacial score (nSPS) is 10.0. The summed E-state index contributed by atoms with van der Waals surface area (Å²) in [5, 5.41) is 0.256. The molecule has 0 amide bonds. The highest BCUT2D eigenvalue weighted by molar-refractivity contribution is 6.42. The zero-order valence-corrected chi connectivity index (χ0v) is 6.80. The molecule has 0 saturated heterocycles. The lowest BCUT2D eigenvalue weighted by molar-refractivity contribution is 0.627. The third kappa shape index (κ3) is 1.41. The van der Waals surface area contributed by atoms with Crippen molar-refractivity contribution in [1.82, 2.24) is 0 Å². The summed E-state index contributed by atoms with van der Waals surface area (Å²) in [6.45, 7) is 1.76. The van der Waals surface area contributed by atoms with Crippen LogP contribution in [0.2, 0.25) is 10.0 Å². The van der Waals surface area contributed by atoms with Crippen LogP contribution in [0.5, 0.6) is 0 Å². The van der Waals surface area contributed by atoms with Crippen molar-refractivity contribution in [2.24, 2.45) is 0 Å². The van der Waals surface area contributed by atoms with Crippen LogP contribution in [0.15, 0.2) is 12.1 Å². The average molecular weight is 179 g/mol. The van der Waals surface area contributed by atoms with Gasteiger partial charge in [0.1, 0.15) is 5.82 Å². The van der Waals surface area contributed by atoms with E-state index in [1.807, 2.05) is 0 Å². The van der Waals surface area contributed by atoms with E-state index in [0.29, 0.717) is 0 Å². The highest BCUT2D eigenvalue weighted by atomic mass is 35.5. The maximum Gasteiger partial charge on any atom is 0.143 e. The molecule has 0 aromatic heterocycles. The first kappa shape index (κ1) is 7.83. The van der Waals surface area contributed by atoms with E-state index in [1.54, 1.807) is 13.0 Å². The van der Waals surface area contributed by atoms with Crippen molar-refractivity contribution in [3.8, 4) is 0 Å². The molecule has 3 heteroatoms. The molecular weight excluding hydrogens is 174 g/mol. The molecule has 0 heterocycles. The molecule has 54 valence electrons. The quantitative estimate of drug-likeness (QED) is 0.535. The molecule has 0 atom stereocenters. The Hall–Kier alpha value is -0.270. The summed E-state index contributed by atoms with van der Waals surface area (Å²) < 4.78 is 12.6. The van der Waals surface area contributed by atoms with E-state index in [4.69, 9.17) is 23.2 Å². The van der Waals surface area contributed by atoms with Crippen LogP contribution < -0.4 is 0 Å². The topological polar surface area (TPSA) is 0 Å². The van der Waals surface area contributed by atoms with Crippen LogP contribution in [-0.2, 0) is 0 Å². The first-order valence-electron chi connectivity index (χ1n) is 2.72. The summed E-state index contributed by atoms with van der Waals surface area (Å²) in [5.41, 5.74) is 0.770.